The normalized spacial score (nSPS) is 31.5. The van der Waals surface area contributed by atoms with Crippen molar-refractivity contribution in [1.82, 2.24) is 0 Å². The van der Waals surface area contributed by atoms with Crippen molar-refractivity contribution in [3.05, 3.63) is 20.6 Å². The summed E-state index contributed by atoms with van der Waals surface area (Å²) in [4.78, 5) is 0. The number of hydrogen-bond acceptors (Lipinski definition) is 2. The zero-order chi connectivity index (χ0) is 17.1. The lowest BCUT2D eigenvalue weighted by molar-refractivity contribution is 0.00234. The highest BCUT2D eigenvalue weighted by Gasteiger charge is 2.55. The van der Waals surface area contributed by atoms with E-state index in [1.807, 2.05) is 0 Å². The lowest BCUT2D eigenvalue weighted by Crippen LogP contribution is -2.45. The third-order valence-electron chi connectivity index (χ3n) is 4.98. The molecule has 0 saturated carbocycles. The highest BCUT2D eigenvalue weighted by molar-refractivity contribution is 9.26. The maximum Gasteiger partial charge on any atom is 0.192 e. The van der Waals surface area contributed by atoms with Gasteiger partial charge >= 0.3 is 0 Å². The van der Waals surface area contributed by atoms with Gasteiger partial charge in [-0.25, -0.2) is 0 Å². The molecule has 0 aliphatic carbocycles. The van der Waals surface area contributed by atoms with Crippen LogP contribution in [0.2, 0.25) is 18.1 Å². The molecule has 0 amide bonds. The first-order chi connectivity index (χ1) is 9.73. The molecule has 2 bridgehead atoms. The van der Waals surface area contributed by atoms with Crippen molar-refractivity contribution >= 4 is 72.0 Å². The predicted molar refractivity (Wildman–Crippen MR) is 110 cm³/mol. The van der Waals surface area contributed by atoms with E-state index in [0.29, 0.717) is 6.61 Å². The van der Waals surface area contributed by atoms with E-state index in [9.17, 15) is 0 Å². The van der Waals surface area contributed by atoms with Crippen molar-refractivity contribution in [2.24, 2.45) is 0 Å². The van der Waals surface area contributed by atoms with Crippen molar-refractivity contribution in [2.45, 2.75) is 60.8 Å². The van der Waals surface area contributed by atoms with Gasteiger partial charge < -0.3 is 9.16 Å². The summed E-state index contributed by atoms with van der Waals surface area (Å²) in [6.07, 6.45) is 2.10. The van der Waals surface area contributed by atoms with E-state index < -0.39 is 17.2 Å². The van der Waals surface area contributed by atoms with Crippen LogP contribution in [-0.2, 0) is 9.16 Å². The Bertz CT molecular complexity index is 548. The molecule has 2 rings (SSSR count). The molecule has 0 unspecified atom stereocenters. The lowest BCUT2D eigenvalue weighted by atomic mass is 9.97. The van der Waals surface area contributed by atoms with E-state index in [4.69, 9.17) is 9.16 Å². The predicted octanol–water partition coefficient (Wildman–Crippen LogP) is 6.59. The van der Waals surface area contributed by atoms with Crippen molar-refractivity contribution in [3.8, 4) is 0 Å². The largest absolute Gasteiger partial charge is 0.413 e. The number of halogens is 4. The lowest BCUT2D eigenvalue weighted by Gasteiger charge is -2.41. The summed E-state index contributed by atoms with van der Waals surface area (Å²) in [5.41, 5.74) is 0.712. The molecular weight excluding hydrogens is 560 g/mol. The van der Waals surface area contributed by atoms with Gasteiger partial charge in [-0.1, -0.05) is 84.5 Å². The van der Waals surface area contributed by atoms with Crippen LogP contribution >= 0.6 is 63.7 Å². The third kappa shape index (κ3) is 3.17. The minimum atomic E-state index is -1.79. The average Bonchev–Trinajstić information content (AvgIpc) is 2.69. The van der Waals surface area contributed by atoms with Gasteiger partial charge in [0, 0.05) is 8.96 Å². The molecule has 0 aromatic rings. The van der Waals surface area contributed by atoms with E-state index in [2.05, 4.69) is 111 Å². The van der Waals surface area contributed by atoms with Crippen LogP contribution in [0.15, 0.2) is 20.6 Å². The van der Waals surface area contributed by atoms with Gasteiger partial charge in [-0.15, -0.1) is 0 Å². The Morgan fingerprint density at radius 1 is 1.23 bits per heavy atom. The summed E-state index contributed by atoms with van der Waals surface area (Å²) in [6, 6.07) is 0. The first kappa shape index (κ1) is 19.9. The van der Waals surface area contributed by atoms with Crippen LogP contribution in [0.25, 0.3) is 0 Å². The van der Waals surface area contributed by atoms with E-state index in [1.165, 1.54) is 5.57 Å². The van der Waals surface area contributed by atoms with Crippen molar-refractivity contribution in [2.75, 3.05) is 6.61 Å². The summed E-state index contributed by atoms with van der Waals surface area (Å²) in [6.45, 7) is 14.0. The molecule has 2 nitrogen and oxygen atoms in total. The Kier molecular flexibility index (Phi) is 5.47. The van der Waals surface area contributed by atoms with Gasteiger partial charge in [-0.3, -0.25) is 0 Å². The maximum atomic E-state index is 6.40. The molecule has 0 fully saturated rings. The maximum absolute atomic E-state index is 6.40. The van der Waals surface area contributed by atoms with Gasteiger partial charge in [0.25, 0.3) is 0 Å². The molecule has 0 aromatic carbocycles. The van der Waals surface area contributed by atoms with Crippen LogP contribution in [0.4, 0.5) is 0 Å². The SMILES string of the molecule is CC(C)(C)[Si](C)(C)OCC1=C[C@@H]2O[C@@]1(C)C(Br)=C(Br)C2(Br)Br. The second kappa shape index (κ2) is 6.06. The fraction of sp³-hybridized carbons (Fsp3) is 0.733. The van der Waals surface area contributed by atoms with Gasteiger partial charge in [0.2, 0.25) is 0 Å². The highest BCUT2D eigenvalue weighted by atomic mass is 79.9. The van der Waals surface area contributed by atoms with Crippen LogP contribution in [0, 0.1) is 0 Å². The summed E-state index contributed by atoms with van der Waals surface area (Å²) in [7, 11) is -1.79. The van der Waals surface area contributed by atoms with Gasteiger partial charge in [-0.05, 0) is 36.7 Å². The van der Waals surface area contributed by atoms with Crippen molar-refractivity contribution in [3.63, 3.8) is 0 Å². The fourth-order valence-corrected chi connectivity index (χ4v) is 5.81. The molecule has 0 aromatic heterocycles. The molecule has 126 valence electrons. The minimum absolute atomic E-state index is 0.0776. The zero-order valence-corrected chi connectivity index (χ0v) is 21.0. The topological polar surface area (TPSA) is 18.5 Å². The molecular formula is C15H22Br4O2Si. The molecule has 0 radical (unpaired) electrons. The summed E-state index contributed by atoms with van der Waals surface area (Å²) >= 11 is 14.8. The molecule has 0 saturated heterocycles. The molecule has 22 heavy (non-hydrogen) atoms. The fourth-order valence-electron chi connectivity index (χ4n) is 2.22. The molecule has 2 atom stereocenters. The van der Waals surface area contributed by atoms with Gasteiger partial charge in [-0.2, -0.15) is 0 Å². The zero-order valence-electron chi connectivity index (χ0n) is 13.7. The Labute approximate surface area is 168 Å². The van der Waals surface area contributed by atoms with E-state index in [-0.39, 0.29) is 11.1 Å². The number of alkyl halides is 2. The monoisotopic (exact) mass is 578 g/mol. The number of ether oxygens (including phenoxy) is 1. The average molecular weight is 582 g/mol. The van der Waals surface area contributed by atoms with Crippen LogP contribution in [0.1, 0.15) is 27.7 Å². The van der Waals surface area contributed by atoms with E-state index in [1.54, 1.807) is 0 Å². The first-order valence-electron chi connectivity index (χ1n) is 7.20. The van der Waals surface area contributed by atoms with Crippen LogP contribution in [-0.4, -0.2) is 29.9 Å². The van der Waals surface area contributed by atoms with Crippen LogP contribution < -0.4 is 0 Å². The molecule has 2 aliphatic rings. The molecule has 0 N–H and O–H groups in total. The first-order valence-corrected chi connectivity index (χ1v) is 13.3. The van der Waals surface area contributed by atoms with Crippen LogP contribution in [0.3, 0.4) is 0 Å². The molecule has 7 heteroatoms. The summed E-state index contributed by atoms with van der Waals surface area (Å²) < 4.78 is 14.2. The standard InChI is InChI=1S/C15H22Br4O2Si/c1-13(2,3)22(5,6)20-8-9-7-10-15(18,19)12(17)11(16)14(9,4)21-10/h7,10H,8H2,1-6H3/t10-,14+/m0/s1. The Morgan fingerprint density at radius 2 is 1.77 bits per heavy atom. The Balaban J connectivity index is 2.27. The minimum Gasteiger partial charge on any atom is -0.413 e. The van der Waals surface area contributed by atoms with Gasteiger partial charge in [0.05, 0.1) is 6.61 Å². The second-order valence-corrected chi connectivity index (χ2v) is 17.5. The number of rotatable bonds is 3. The Hall–Kier alpha value is 1.54. The van der Waals surface area contributed by atoms with Gasteiger partial charge in [0.15, 0.2) is 8.32 Å². The number of fused-ring (bicyclic) bond motifs is 2. The second-order valence-electron chi connectivity index (χ2n) is 7.56. The Morgan fingerprint density at radius 3 is 2.27 bits per heavy atom. The van der Waals surface area contributed by atoms with Gasteiger partial charge in [0.1, 0.15) is 14.9 Å². The highest BCUT2D eigenvalue weighted by Crippen LogP contribution is 2.58. The third-order valence-corrected chi connectivity index (χ3v) is 14.9. The molecule has 2 aliphatic heterocycles. The molecule has 2 heterocycles. The van der Waals surface area contributed by atoms with Crippen molar-refractivity contribution < 1.29 is 9.16 Å². The van der Waals surface area contributed by atoms with E-state index >= 15 is 0 Å². The van der Waals surface area contributed by atoms with Crippen LogP contribution in [0.5, 0.6) is 0 Å². The van der Waals surface area contributed by atoms with Crippen molar-refractivity contribution in [1.29, 1.82) is 0 Å². The van der Waals surface area contributed by atoms with E-state index in [0.717, 1.165) is 8.96 Å². The molecule has 0 spiro atoms. The quantitative estimate of drug-likeness (QED) is 0.213. The number of hydrogen-bond donors (Lipinski definition) is 0. The summed E-state index contributed by atoms with van der Waals surface area (Å²) in [5.74, 6) is 0. The smallest absolute Gasteiger partial charge is 0.192 e. The summed E-state index contributed by atoms with van der Waals surface area (Å²) in [5, 5.41) is 0.200.